The highest BCUT2D eigenvalue weighted by atomic mass is 35.5. The Kier molecular flexibility index (Phi) is 3.74. The van der Waals surface area contributed by atoms with Crippen LogP contribution in [0.3, 0.4) is 0 Å². The van der Waals surface area contributed by atoms with Crippen molar-refractivity contribution in [3.63, 3.8) is 0 Å². The third-order valence-electron chi connectivity index (χ3n) is 3.36. The van der Waals surface area contributed by atoms with Crippen LogP contribution < -0.4 is 5.73 Å². The lowest BCUT2D eigenvalue weighted by Crippen LogP contribution is -2.14. The Morgan fingerprint density at radius 1 is 1.20 bits per heavy atom. The molecule has 0 bridgehead atoms. The Balaban J connectivity index is 1.92. The summed E-state index contributed by atoms with van der Waals surface area (Å²) >= 11 is 7.60. The van der Waals surface area contributed by atoms with E-state index in [0.29, 0.717) is 17.0 Å². The average Bonchev–Trinajstić information content (AvgIpc) is 2.85. The smallest absolute Gasteiger partial charge is 0.128 e. The molecule has 0 aliphatic heterocycles. The lowest BCUT2D eigenvalue weighted by molar-refractivity contribution is 0.581. The average molecular weight is 306 g/mol. The van der Waals surface area contributed by atoms with E-state index in [1.54, 1.807) is 17.4 Å². The van der Waals surface area contributed by atoms with E-state index in [0.717, 1.165) is 5.56 Å². The lowest BCUT2D eigenvalue weighted by Gasteiger charge is -2.13. The van der Waals surface area contributed by atoms with Crippen LogP contribution in [0.5, 0.6) is 0 Å². The van der Waals surface area contributed by atoms with Crippen molar-refractivity contribution >= 4 is 33.0 Å². The van der Waals surface area contributed by atoms with Crippen LogP contribution in [0.2, 0.25) is 5.02 Å². The van der Waals surface area contributed by atoms with Crippen LogP contribution in [0.25, 0.3) is 10.1 Å². The Morgan fingerprint density at radius 3 is 2.85 bits per heavy atom. The molecule has 2 N–H and O–H groups in total. The van der Waals surface area contributed by atoms with Crippen molar-refractivity contribution in [2.24, 2.45) is 5.73 Å². The van der Waals surface area contributed by atoms with Crippen molar-refractivity contribution in [2.45, 2.75) is 12.5 Å². The van der Waals surface area contributed by atoms with Crippen molar-refractivity contribution < 1.29 is 4.39 Å². The van der Waals surface area contributed by atoms with Crippen molar-refractivity contribution in [3.8, 4) is 0 Å². The fraction of sp³-hybridized carbons (Fsp3) is 0.125. The second kappa shape index (κ2) is 5.52. The molecular weight excluding hydrogens is 293 g/mol. The molecule has 1 atom stereocenters. The van der Waals surface area contributed by atoms with Gasteiger partial charge in [-0.25, -0.2) is 4.39 Å². The second-order valence-electron chi connectivity index (χ2n) is 4.73. The standard InChI is InChI=1S/C16H13ClFNS/c17-11-5-6-14(18)13(8-11)15(19)7-10-9-20-16-4-2-1-3-12(10)16/h1-6,8-9,15H,7,19H2. The largest absolute Gasteiger partial charge is 0.324 e. The highest BCUT2D eigenvalue weighted by Crippen LogP contribution is 2.30. The topological polar surface area (TPSA) is 26.0 Å². The minimum atomic E-state index is -0.397. The minimum Gasteiger partial charge on any atom is -0.324 e. The van der Waals surface area contributed by atoms with Gasteiger partial charge in [-0.15, -0.1) is 11.3 Å². The SMILES string of the molecule is NC(Cc1csc2ccccc12)c1cc(Cl)ccc1F. The van der Waals surface area contributed by atoms with E-state index in [9.17, 15) is 4.39 Å². The summed E-state index contributed by atoms with van der Waals surface area (Å²) in [5.74, 6) is -0.304. The van der Waals surface area contributed by atoms with Crippen molar-refractivity contribution in [1.82, 2.24) is 0 Å². The molecular formula is C16H13ClFNS. The summed E-state index contributed by atoms with van der Waals surface area (Å²) in [4.78, 5) is 0. The van der Waals surface area contributed by atoms with E-state index in [1.165, 1.54) is 22.2 Å². The quantitative estimate of drug-likeness (QED) is 0.729. The van der Waals surface area contributed by atoms with Crippen LogP contribution in [-0.2, 0) is 6.42 Å². The van der Waals surface area contributed by atoms with Gasteiger partial charge >= 0.3 is 0 Å². The molecule has 0 amide bonds. The molecule has 0 fully saturated rings. The van der Waals surface area contributed by atoms with E-state index >= 15 is 0 Å². The van der Waals surface area contributed by atoms with Gasteiger partial charge in [-0.05, 0) is 47.0 Å². The maximum absolute atomic E-state index is 13.8. The van der Waals surface area contributed by atoms with Gasteiger partial charge in [0.1, 0.15) is 5.82 Å². The molecule has 0 saturated carbocycles. The number of halogens is 2. The maximum Gasteiger partial charge on any atom is 0.128 e. The van der Waals surface area contributed by atoms with Gasteiger partial charge in [-0.3, -0.25) is 0 Å². The number of hydrogen-bond acceptors (Lipinski definition) is 2. The van der Waals surface area contributed by atoms with Gasteiger partial charge in [0.25, 0.3) is 0 Å². The number of nitrogens with two attached hydrogens (primary N) is 1. The van der Waals surface area contributed by atoms with Gasteiger partial charge in [-0.1, -0.05) is 29.8 Å². The van der Waals surface area contributed by atoms with Crippen LogP contribution in [0.15, 0.2) is 47.8 Å². The minimum absolute atomic E-state index is 0.304. The first-order valence-electron chi connectivity index (χ1n) is 6.31. The summed E-state index contributed by atoms with van der Waals surface area (Å²) in [5, 5.41) is 3.79. The van der Waals surface area contributed by atoms with Crippen LogP contribution in [0.4, 0.5) is 4.39 Å². The molecule has 0 spiro atoms. The van der Waals surface area contributed by atoms with Crippen molar-refractivity contribution in [2.75, 3.05) is 0 Å². The Bertz CT molecular complexity index is 753. The predicted octanol–water partition coefficient (Wildman–Crippen LogP) is 4.94. The molecule has 1 heterocycles. The molecule has 0 aliphatic carbocycles. The third-order valence-corrected chi connectivity index (χ3v) is 4.61. The van der Waals surface area contributed by atoms with Gasteiger partial charge in [-0.2, -0.15) is 0 Å². The molecule has 3 aromatic rings. The maximum atomic E-state index is 13.8. The number of benzene rings is 2. The van der Waals surface area contributed by atoms with Crippen LogP contribution >= 0.6 is 22.9 Å². The molecule has 1 aromatic heterocycles. The number of thiophene rings is 1. The fourth-order valence-corrected chi connectivity index (χ4v) is 3.49. The lowest BCUT2D eigenvalue weighted by atomic mass is 9.99. The summed E-state index contributed by atoms with van der Waals surface area (Å²) in [6.07, 6.45) is 0.598. The normalized spacial score (nSPS) is 12.8. The molecule has 2 aromatic carbocycles. The van der Waals surface area contributed by atoms with E-state index in [4.69, 9.17) is 17.3 Å². The molecule has 3 rings (SSSR count). The number of hydrogen-bond donors (Lipinski definition) is 1. The van der Waals surface area contributed by atoms with Gasteiger partial charge in [0, 0.05) is 21.3 Å². The van der Waals surface area contributed by atoms with E-state index in [1.807, 2.05) is 12.1 Å². The summed E-state index contributed by atoms with van der Waals surface area (Å²) in [5.41, 5.74) is 7.77. The van der Waals surface area contributed by atoms with Crippen molar-refractivity contribution in [3.05, 3.63) is 69.8 Å². The molecule has 0 aliphatic rings. The summed E-state index contributed by atoms with van der Waals surface area (Å²) < 4.78 is 15.0. The summed E-state index contributed by atoms with van der Waals surface area (Å²) in [6, 6.07) is 12.3. The van der Waals surface area contributed by atoms with Gasteiger partial charge in [0.05, 0.1) is 0 Å². The van der Waals surface area contributed by atoms with Gasteiger partial charge in [0.2, 0.25) is 0 Å². The molecule has 0 saturated heterocycles. The molecule has 0 radical (unpaired) electrons. The first kappa shape index (κ1) is 13.6. The first-order chi connectivity index (χ1) is 9.65. The van der Waals surface area contributed by atoms with Crippen LogP contribution in [0.1, 0.15) is 17.2 Å². The molecule has 4 heteroatoms. The molecule has 1 nitrogen and oxygen atoms in total. The van der Waals surface area contributed by atoms with Crippen molar-refractivity contribution in [1.29, 1.82) is 0 Å². The van der Waals surface area contributed by atoms with E-state index in [-0.39, 0.29) is 5.82 Å². The highest BCUT2D eigenvalue weighted by Gasteiger charge is 2.14. The first-order valence-corrected chi connectivity index (χ1v) is 7.56. The van der Waals surface area contributed by atoms with Crippen LogP contribution in [-0.4, -0.2) is 0 Å². The second-order valence-corrected chi connectivity index (χ2v) is 6.08. The van der Waals surface area contributed by atoms with Crippen LogP contribution in [0, 0.1) is 5.82 Å². The van der Waals surface area contributed by atoms with Gasteiger partial charge < -0.3 is 5.73 Å². The Hall–Kier alpha value is -1.42. The van der Waals surface area contributed by atoms with Gasteiger partial charge in [0.15, 0.2) is 0 Å². The summed E-state index contributed by atoms with van der Waals surface area (Å²) in [6.45, 7) is 0. The zero-order chi connectivity index (χ0) is 14.1. The molecule has 102 valence electrons. The highest BCUT2D eigenvalue weighted by molar-refractivity contribution is 7.17. The zero-order valence-corrected chi connectivity index (χ0v) is 12.2. The predicted molar refractivity (Wildman–Crippen MR) is 83.9 cm³/mol. The number of rotatable bonds is 3. The Morgan fingerprint density at radius 2 is 2.00 bits per heavy atom. The fourth-order valence-electron chi connectivity index (χ4n) is 2.34. The summed E-state index contributed by atoms with van der Waals surface area (Å²) in [7, 11) is 0. The zero-order valence-electron chi connectivity index (χ0n) is 10.6. The molecule has 20 heavy (non-hydrogen) atoms. The molecule has 1 unspecified atom stereocenters. The number of fused-ring (bicyclic) bond motifs is 1. The Labute approximate surface area is 125 Å². The van der Waals surface area contributed by atoms with E-state index in [2.05, 4.69) is 17.5 Å². The van der Waals surface area contributed by atoms with E-state index < -0.39 is 6.04 Å². The monoisotopic (exact) mass is 305 g/mol. The third kappa shape index (κ3) is 2.57.